The van der Waals surface area contributed by atoms with Crippen LogP contribution < -0.4 is 5.32 Å². The lowest BCUT2D eigenvalue weighted by molar-refractivity contribution is 0.210. The predicted octanol–water partition coefficient (Wildman–Crippen LogP) is 2.74. The fourth-order valence-corrected chi connectivity index (χ4v) is 1.62. The van der Waals surface area contributed by atoms with E-state index in [9.17, 15) is 0 Å². The van der Waals surface area contributed by atoms with Crippen LogP contribution in [-0.2, 0) is 0 Å². The third-order valence-corrected chi connectivity index (χ3v) is 3.49. The molecule has 0 spiro atoms. The minimum atomic E-state index is 0.626. The van der Waals surface area contributed by atoms with E-state index < -0.39 is 0 Å². The summed E-state index contributed by atoms with van der Waals surface area (Å²) in [4.78, 5) is 2.54. The Kier molecular flexibility index (Phi) is 8.07. The van der Waals surface area contributed by atoms with E-state index in [1.54, 1.807) is 0 Å². The molecular formula is C13H30N2. The Morgan fingerprint density at radius 3 is 2.07 bits per heavy atom. The first-order valence-electron chi connectivity index (χ1n) is 6.50. The Morgan fingerprint density at radius 1 is 1.07 bits per heavy atom. The second kappa shape index (κ2) is 8.12. The van der Waals surface area contributed by atoms with Crippen molar-refractivity contribution in [3.05, 3.63) is 0 Å². The highest BCUT2D eigenvalue weighted by atomic mass is 15.2. The topological polar surface area (TPSA) is 15.3 Å². The number of nitrogens with one attached hydrogen (secondary N) is 1. The summed E-state index contributed by atoms with van der Waals surface area (Å²) in [6, 6.07) is 1.34. The molecule has 1 N–H and O–H groups in total. The molecule has 0 aromatic rings. The van der Waals surface area contributed by atoms with Crippen LogP contribution in [0, 0.1) is 5.92 Å². The molecule has 0 radical (unpaired) electrons. The maximum absolute atomic E-state index is 3.58. The smallest absolute Gasteiger partial charge is 0.0110 e. The number of rotatable bonds is 8. The molecule has 0 fully saturated rings. The van der Waals surface area contributed by atoms with Crippen LogP contribution in [0.2, 0.25) is 0 Å². The van der Waals surface area contributed by atoms with E-state index in [2.05, 4.69) is 51.8 Å². The number of hydrogen-bond donors (Lipinski definition) is 1. The van der Waals surface area contributed by atoms with E-state index in [1.165, 1.54) is 13.0 Å². The molecule has 0 saturated heterocycles. The fourth-order valence-electron chi connectivity index (χ4n) is 1.62. The molecule has 2 heteroatoms. The molecule has 0 rings (SSSR count). The first-order valence-corrected chi connectivity index (χ1v) is 6.50. The van der Waals surface area contributed by atoms with Gasteiger partial charge in [0.05, 0.1) is 0 Å². The van der Waals surface area contributed by atoms with Crippen molar-refractivity contribution in [1.82, 2.24) is 10.2 Å². The van der Waals surface area contributed by atoms with Gasteiger partial charge in [0.25, 0.3) is 0 Å². The van der Waals surface area contributed by atoms with Gasteiger partial charge in [0.15, 0.2) is 0 Å². The van der Waals surface area contributed by atoms with Gasteiger partial charge >= 0.3 is 0 Å². The molecule has 0 aromatic heterocycles. The van der Waals surface area contributed by atoms with Gasteiger partial charge in [-0.3, -0.25) is 4.90 Å². The third-order valence-electron chi connectivity index (χ3n) is 3.49. The van der Waals surface area contributed by atoms with Crippen LogP contribution in [-0.4, -0.2) is 36.6 Å². The lowest BCUT2D eigenvalue weighted by Gasteiger charge is -2.28. The summed E-state index contributed by atoms with van der Waals surface area (Å²) in [7, 11) is 0. The van der Waals surface area contributed by atoms with E-state index in [1.807, 2.05) is 0 Å². The van der Waals surface area contributed by atoms with Gasteiger partial charge in [-0.1, -0.05) is 27.7 Å². The first-order chi connectivity index (χ1) is 7.02. The Hall–Kier alpha value is -0.0800. The van der Waals surface area contributed by atoms with Gasteiger partial charge in [-0.15, -0.1) is 0 Å². The summed E-state index contributed by atoms with van der Waals surface area (Å²) in [5.41, 5.74) is 0. The van der Waals surface area contributed by atoms with Crippen LogP contribution in [0.5, 0.6) is 0 Å². The van der Waals surface area contributed by atoms with Crippen molar-refractivity contribution in [2.75, 3.05) is 19.6 Å². The molecule has 92 valence electrons. The van der Waals surface area contributed by atoms with Crippen molar-refractivity contribution in [3.8, 4) is 0 Å². The van der Waals surface area contributed by atoms with Crippen molar-refractivity contribution in [2.45, 2.75) is 60.0 Å². The van der Waals surface area contributed by atoms with E-state index >= 15 is 0 Å². The van der Waals surface area contributed by atoms with Crippen LogP contribution in [0.1, 0.15) is 48.0 Å². The molecule has 2 unspecified atom stereocenters. The Labute approximate surface area is 96.4 Å². The molecule has 15 heavy (non-hydrogen) atoms. The molecule has 0 aromatic carbocycles. The number of likely N-dealkylation sites (N-methyl/N-ethyl adjacent to an activating group) is 1. The van der Waals surface area contributed by atoms with Gasteiger partial charge in [-0.2, -0.15) is 0 Å². The highest BCUT2D eigenvalue weighted by Gasteiger charge is 2.10. The van der Waals surface area contributed by atoms with Gasteiger partial charge in [0.1, 0.15) is 0 Å². The Bertz CT molecular complexity index is 145. The zero-order valence-electron chi connectivity index (χ0n) is 11.5. The second-order valence-electron chi connectivity index (χ2n) is 4.87. The monoisotopic (exact) mass is 214 g/mol. The second-order valence-corrected chi connectivity index (χ2v) is 4.87. The highest BCUT2D eigenvalue weighted by molar-refractivity contribution is 4.69. The molecule has 0 amide bonds. The summed E-state index contributed by atoms with van der Waals surface area (Å²) in [5, 5.41) is 3.58. The maximum atomic E-state index is 3.58. The van der Waals surface area contributed by atoms with E-state index in [0.717, 1.165) is 19.0 Å². The molecule has 0 heterocycles. The third kappa shape index (κ3) is 6.16. The van der Waals surface area contributed by atoms with Crippen LogP contribution in [0.25, 0.3) is 0 Å². The lowest BCUT2D eigenvalue weighted by Crippen LogP contribution is -2.41. The SMILES string of the molecule is CCC(C)N(CC)CCNC(C)C(C)C. The summed E-state index contributed by atoms with van der Waals surface area (Å²) < 4.78 is 0. The Balaban J connectivity index is 3.72. The quantitative estimate of drug-likeness (QED) is 0.668. The summed E-state index contributed by atoms with van der Waals surface area (Å²) >= 11 is 0. The van der Waals surface area contributed by atoms with Gasteiger partial charge < -0.3 is 5.32 Å². The Morgan fingerprint density at radius 2 is 1.67 bits per heavy atom. The lowest BCUT2D eigenvalue weighted by atomic mass is 10.1. The van der Waals surface area contributed by atoms with Crippen molar-refractivity contribution in [2.24, 2.45) is 5.92 Å². The minimum absolute atomic E-state index is 0.626. The van der Waals surface area contributed by atoms with Gasteiger partial charge in [-0.05, 0) is 32.7 Å². The van der Waals surface area contributed by atoms with Crippen molar-refractivity contribution in [1.29, 1.82) is 0 Å². The predicted molar refractivity (Wildman–Crippen MR) is 69.3 cm³/mol. The van der Waals surface area contributed by atoms with Gasteiger partial charge in [0.2, 0.25) is 0 Å². The molecule has 0 aliphatic carbocycles. The average molecular weight is 214 g/mol. The van der Waals surface area contributed by atoms with E-state index in [4.69, 9.17) is 0 Å². The van der Waals surface area contributed by atoms with Gasteiger partial charge in [-0.25, -0.2) is 0 Å². The van der Waals surface area contributed by atoms with E-state index in [-0.39, 0.29) is 0 Å². The normalized spacial score (nSPS) is 16.0. The van der Waals surface area contributed by atoms with Crippen LogP contribution in [0.15, 0.2) is 0 Å². The fraction of sp³-hybridized carbons (Fsp3) is 1.00. The molecule has 0 bridgehead atoms. The highest BCUT2D eigenvalue weighted by Crippen LogP contribution is 2.03. The zero-order valence-corrected chi connectivity index (χ0v) is 11.5. The van der Waals surface area contributed by atoms with Crippen molar-refractivity contribution >= 4 is 0 Å². The van der Waals surface area contributed by atoms with Crippen molar-refractivity contribution in [3.63, 3.8) is 0 Å². The first kappa shape index (κ1) is 14.9. The van der Waals surface area contributed by atoms with Gasteiger partial charge in [0, 0.05) is 25.2 Å². The minimum Gasteiger partial charge on any atom is -0.313 e. The molecule has 2 nitrogen and oxygen atoms in total. The summed E-state index contributed by atoms with van der Waals surface area (Å²) in [6.45, 7) is 17.1. The summed E-state index contributed by atoms with van der Waals surface area (Å²) in [6.07, 6.45) is 1.24. The molecule has 0 aliphatic rings. The largest absolute Gasteiger partial charge is 0.313 e. The molecule has 2 atom stereocenters. The van der Waals surface area contributed by atoms with Crippen LogP contribution in [0.3, 0.4) is 0 Å². The maximum Gasteiger partial charge on any atom is 0.0110 e. The van der Waals surface area contributed by atoms with Crippen LogP contribution >= 0.6 is 0 Å². The standard InChI is InChI=1S/C13H30N2/c1-7-12(5)15(8-2)10-9-14-13(6)11(3)4/h11-14H,7-10H2,1-6H3. The molecular weight excluding hydrogens is 184 g/mol. The zero-order chi connectivity index (χ0) is 11.8. The number of hydrogen-bond acceptors (Lipinski definition) is 2. The number of nitrogens with zero attached hydrogens (tertiary/aromatic N) is 1. The van der Waals surface area contributed by atoms with E-state index in [0.29, 0.717) is 12.1 Å². The summed E-state index contributed by atoms with van der Waals surface area (Å²) in [5.74, 6) is 0.726. The van der Waals surface area contributed by atoms with Crippen molar-refractivity contribution < 1.29 is 0 Å². The molecule has 0 saturated carbocycles. The average Bonchev–Trinajstić information content (AvgIpc) is 2.22. The van der Waals surface area contributed by atoms with Crippen LogP contribution in [0.4, 0.5) is 0 Å². The molecule has 0 aliphatic heterocycles.